The maximum absolute atomic E-state index is 12.3. The summed E-state index contributed by atoms with van der Waals surface area (Å²) in [5.74, 6) is -0.624. The van der Waals surface area contributed by atoms with Crippen LogP contribution in [0, 0.1) is 5.92 Å². The lowest BCUT2D eigenvalue weighted by atomic mass is 10.1. The number of carboxylic acids is 1. The van der Waals surface area contributed by atoms with Crippen molar-refractivity contribution in [2.24, 2.45) is 5.92 Å². The highest BCUT2D eigenvalue weighted by Gasteiger charge is 2.35. The van der Waals surface area contributed by atoms with Gasteiger partial charge in [-0.2, -0.15) is 0 Å². The fraction of sp³-hybridized carbons (Fsp3) is 0.692. The average molecular weight is 269 g/mol. The Morgan fingerprint density at radius 2 is 2.05 bits per heavy atom. The van der Waals surface area contributed by atoms with E-state index in [2.05, 4.69) is 18.4 Å². The largest absolute Gasteiger partial charge is 0.480 e. The number of amides is 2. The zero-order valence-corrected chi connectivity index (χ0v) is 11.9. The van der Waals surface area contributed by atoms with Crippen LogP contribution in [-0.2, 0) is 4.79 Å². The molecule has 6 nitrogen and oxygen atoms in total. The number of hydrogen-bond acceptors (Lipinski definition) is 3. The molecular formula is C13H23N3O3. The topological polar surface area (TPSA) is 64.1 Å². The number of carbonyl (C=O) groups is 2. The fourth-order valence-electron chi connectivity index (χ4n) is 2.51. The summed E-state index contributed by atoms with van der Waals surface area (Å²) >= 11 is 0. The normalized spacial score (nSPS) is 22.6. The van der Waals surface area contributed by atoms with Crippen molar-refractivity contribution in [3.63, 3.8) is 0 Å². The Morgan fingerprint density at radius 1 is 1.42 bits per heavy atom. The van der Waals surface area contributed by atoms with E-state index in [-0.39, 0.29) is 19.1 Å². The first-order chi connectivity index (χ1) is 8.86. The molecule has 2 atom stereocenters. The zero-order chi connectivity index (χ0) is 14.6. The molecule has 0 aromatic carbocycles. The van der Waals surface area contributed by atoms with Crippen LogP contribution in [0.4, 0.5) is 4.79 Å². The Morgan fingerprint density at radius 3 is 2.47 bits per heavy atom. The Labute approximate surface area is 114 Å². The molecule has 2 unspecified atom stereocenters. The molecule has 1 saturated heterocycles. The van der Waals surface area contributed by atoms with E-state index in [4.69, 9.17) is 5.11 Å². The van der Waals surface area contributed by atoms with Crippen molar-refractivity contribution >= 4 is 12.0 Å². The Bertz CT molecular complexity index is 357. The molecule has 0 saturated carbocycles. The second-order valence-electron chi connectivity index (χ2n) is 5.26. The van der Waals surface area contributed by atoms with E-state index in [0.717, 1.165) is 0 Å². The van der Waals surface area contributed by atoms with E-state index in [1.807, 2.05) is 14.1 Å². The van der Waals surface area contributed by atoms with E-state index in [1.165, 1.54) is 4.90 Å². The number of hydrogen-bond donors (Lipinski definition) is 1. The van der Waals surface area contributed by atoms with E-state index in [9.17, 15) is 9.59 Å². The highest BCUT2D eigenvalue weighted by atomic mass is 16.4. The van der Waals surface area contributed by atoms with Crippen LogP contribution in [0.3, 0.4) is 0 Å². The molecule has 0 aromatic heterocycles. The van der Waals surface area contributed by atoms with Crippen LogP contribution in [0.2, 0.25) is 0 Å². The summed E-state index contributed by atoms with van der Waals surface area (Å²) < 4.78 is 0. The van der Waals surface area contributed by atoms with Crippen molar-refractivity contribution in [2.45, 2.75) is 13.0 Å². The van der Waals surface area contributed by atoms with Crippen LogP contribution in [0.5, 0.6) is 0 Å². The van der Waals surface area contributed by atoms with Crippen molar-refractivity contribution < 1.29 is 14.7 Å². The molecule has 1 heterocycles. The van der Waals surface area contributed by atoms with Crippen molar-refractivity contribution in [3.8, 4) is 0 Å². The monoisotopic (exact) mass is 269 g/mol. The highest BCUT2D eigenvalue weighted by molar-refractivity contribution is 5.80. The summed E-state index contributed by atoms with van der Waals surface area (Å²) in [4.78, 5) is 28.2. The lowest BCUT2D eigenvalue weighted by Gasteiger charge is -2.26. The third-order valence-electron chi connectivity index (χ3n) is 3.45. The molecule has 0 spiro atoms. The van der Waals surface area contributed by atoms with Gasteiger partial charge in [0.15, 0.2) is 0 Å². The lowest BCUT2D eigenvalue weighted by Crippen LogP contribution is -2.45. The fourth-order valence-corrected chi connectivity index (χ4v) is 2.51. The van der Waals surface area contributed by atoms with E-state index >= 15 is 0 Å². The van der Waals surface area contributed by atoms with Crippen molar-refractivity contribution in [1.82, 2.24) is 14.7 Å². The predicted octanol–water partition coefficient (Wildman–Crippen LogP) is 0.561. The minimum absolute atomic E-state index is 0.224. The highest BCUT2D eigenvalue weighted by Crippen LogP contribution is 2.21. The lowest BCUT2D eigenvalue weighted by molar-refractivity contribution is -0.137. The molecule has 0 aromatic rings. The number of likely N-dealkylation sites (N-methyl/N-ethyl adjacent to an activating group) is 1. The predicted molar refractivity (Wildman–Crippen MR) is 73.0 cm³/mol. The molecule has 1 fully saturated rings. The molecule has 1 rings (SSSR count). The molecule has 1 aliphatic heterocycles. The van der Waals surface area contributed by atoms with Crippen LogP contribution in [0.25, 0.3) is 0 Å². The first-order valence-electron chi connectivity index (χ1n) is 6.39. The maximum Gasteiger partial charge on any atom is 0.323 e. The van der Waals surface area contributed by atoms with Gasteiger partial charge in [-0.3, -0.25) is 4.79 Å². The van der Waals surface area contributed by atoms with Gasteiger partial charge >= 0.3 is 12.0 Å². The average Bonchev–Trinajstić information content (AvgIpc) is 2.69. The van der Waals surface area contributed by atoms with Gasteiger partial charge in [-0.15, -0.1) is 6.58 Å². The van der Waals surface area contributed by atoms with E-state index in [0.29, 0.717) is 25.0 Å². The van der Waals surface area contributed by atoms with Crippen LogP contribution < -0.4 is 0 Å². The first-order valence-corrected chi connectivity index (χ1v) is 6.39. The maximum atomic E-state index is 12.3. The van der Waals surface area contributed by atoms with Crippen molar-refractivity contribution in [1.29, 1.82) is 0 Å². The number of aliphatic carboxylic acids is 1. The molecule has 1 N–H and O–H groups in total. The van der Waals surface area contributed by atoms with Crippen molar-refractivity contribution in [2.75, 3.05) is 40.3 Å². The SMILES string of the molecule is C=CCN(CC(=O)O)C(=O)N1CC(C)C(N(C)C)C1. The van der Waals surface area contributed by atoms with E-state index in [1.54, 1.807) is 11.0 Å². The summed E-state index contributed by atoms with van der Waals surface area (Å²) in [7, 11) is 3.99. The van der Waals surface area contributed by atoms with Gasteiger partial charge < -0.3 is 19.8 Å². The zero-order valence-electron chi connectivity index (χ0n) is 11.9. The third kappa shape index (κ3) is 3.96. The minimum atomic E-state index is -1.01. The minimum Gasteiger partial charge on any atom is -0.480 e. The first kappa shape index (κ1) is 15.5. The van der Waals surface area contributed by atoms with Gasteiger partial charge in [-0.25, -0.2) is 4.79 Å². The summed E-state index contributed by atoms with van der Waals surface area (Å²) in [6, 6.07) is 0.0952. The molecule has 1 aliphatic rings. The molecule has 6 heteroatoms. The van der Waals surface area contributed by atoms with Crippen LogP contribution in [-0.4, -0.2) is 78.1 Å². The standard InChI is InChI=1S/C13H23N3O3/c1-5-6-15(9-12(17)18)13(19)16-7-10(2)11(8-16)14(3)4/h5,10-11H,1,6-9H2,2-4H3,(H,17,18). The quantitative estimate of drug-likeness (QED) is 0.741. The summed E-state index contributed by atoms with van der Waals surface area (Å²) in [5, 5.41) is 8.84. The van der Waals surface area contributed by atoms with Gasteiger partial charge in [0.25, 0.3) is 0 Å². The second-order valence-corrected chi connectivity index (χ2v) is 5.26. The smallest absolute Gasteiger partial charge is 0.323 e. The molecule has 108 valence electrons. The number of nitrogens with zero attached hydrogens (tertiary/aromatic N) is 3. The number of likely N-dealkylation sites (tertiary alicyclic amines) is 1. The molecular weight excluding hydrogens is 246 g/mol. The number of rotatable bonds is 5. The van der Waals surface area contributed by atoms with Crippen LogP contribution in [0.15, 0.2) is 12.7 Å². The number of carbonyl (C=O) groups excluding carboxylic acids is 1. The third-order valence-corrected chi connectivity index (χ3v) is 3.45. The summed E-state index contributed by atoms with van der Waals surface area (Å²) in [6.07, 6.45) is 1.55. The van der Waals surface area contributed by atoms with Gasteiger partial charge in [-0.05, 0) is 20.0 Å². The Kier molecular flexibility index (Phi) is 5.35. The number of urea groups is 1. The van der Waals surface area contributed by atoms with Crippen LogP contribution in [0.1, 0.15) is 6.92 Å². The van der Waals surface area contributed by atoms with Gasteiger partial charge in [0, 0.05) is 25.7 Å². The van der Waals surface area contributed by atoms with Gasteiger partial charge in [0.1, 0.15) is 6.54 Å². The summed E-state index contributed by atoms with van der Waals surface area (Å²) in [5.41, 5.74) is 0. The molecule has 19 heavy (non-hydrogen) atoms. The van der Waals surface area contributed by atoms with Gasteiger partial charge in [0.05, 0.1) is 0 Å². The van der Waals surface area contributed by atoms with Crippen molar-refractivity contribution in [3.05, 3.63) is 12.7 Å². The molecule has 0 radical (unpaired) electrons. The summed E-state index contributed by atoms with van der Waals surface area (Å²) in [6.45, 7) is 6.93. The molecule has 0 aliphatic carbocycles. The van der Waals surface area contributed by atoms with Gasteiger partial charge in [0.2, 0.25) is 0 Å². The Balaban J connectivity index is 2.70. The second kappa shape index (κ2) is 6.56. The Hall–Kier alpha value is -1.56. The van der Waals surface area contributed by atoms with E-state index < -0.39 is 5.97 Å². The molecule has 2 amide bonds. The number of carboxylic acid groups (broad SMARTS) is 1. The van der Waals surface area contributed by atoms with Gasteiger partial charge in [-0.1, -0.05) is 13.0 Å². The molecule has 0 bridgehead atoms. The van der Waals surface area contributed by atoms with Crippen LogP contribution >= 0.6 is 0 Å².